The normalized spacial score (nSPS) is 10.7. The molecule has 2 aromatic carbocycles. The van der Waals surface area contributed by atoms with Crippen LogP contribution in [-0.4, -0.2) is 31.7 Å². The molecule has 0 atom stereocenters. The third kappa shape index (κ3) is 2.92. The number of rotatable bonds is 4. The van der Waals surface area contributed by atoms with E-state index in [4.69, 9.17) is 4.74 Å². The predicted octanol–water partition coefficient (Wildman–Crippen LogP) is 4.21. The predicted molar refractivity (Wildman–Crippen MR) is 95.3 cm³/mol. The summed E-state index contributed by atoms with van der Waals surface area (Å²) in [6, 6.07) is 13.7. The highest BCUT2D eigenvalue weighted by molar-refractivity contribution is 7.22. The third-order valence-corrected chi connectivity index (χ3v) is 4.94. The van der Waals surface area contributed by atoms with E-state index in [1.807, 2.05) is 49.5 Å². The van der Waals surface area contributed by atoms with Crippen LogP contribution in [0.2, 0.25) is 0 Å². The Hall–Kier alpha value is -2.40. The molecule has 0 aliphatic rings. The van der Waals surface area contributed by atoms with E-state index in [2.05, 4.69) is 16.8 Å². The second-order valence-corrected chi connectivity index (χ2v) is 6.24. The van der Waals surface area contributed by atoms with Crippen LogP contribution in [0.25, 0.3) is 21.3 Å². The molecule has 0 bridgehead atoms. The minimum atomic E-state index is -0.329. The first-order chi connectivity index (χ1) is 11.1. The molecule has 23 heavy (non-hydrogen) atoms. The lowest BCUT2D eigenvalue weighted by Gasteiger charge is -2.10. The second kappa shape index (κ2) is 6.38. The lowest BCUT2D eigenvalue weighted by atomic mass is 9.99. The third-order valence-electron chi connectivity index (χ3n) is 3.81. The molecule has 0 radical (unpaired) electrons. The van der Waals surface area contributed by atoms with E-state index in [1.165, 1.54) is 7.11 Å². The second-order valence-electron chi connectivity index (χ2n) is 5.23. The number of anilines is 1. The minimum absolute atomic E-state index is 0.329. The molecule has 118 valence electrons. The van der Waals surface area contributed by atoms with Gasteiger partial charge < -0.3 is 9.64 Å². The molecule has 3 rings (SSSR count). The van der Waals surface area contributed by atoms with Crippen molar-refractivity contribution < 1.29 is 9.53 Å². The van der Waals surface area contributed by atoms with Crippen LogP contribution in [-0.2, 0) is 4.74 Å². The largest absolute Gasteiger partial charge is 0.465 e. The van der Waals surface area contributed by atoms with E-state index in [9.17, 15) is 4.79 Å². The molecule has 0 spiro atoms. The highest BCUT2D eigenvalue weighted by Crippen LogP contribution is 2.34. The molecule has 3 aromatic rings. The number of hydrogen-bond donors (Lipinski definition) is 0. The van der Waals surface area contributed by atoms with Crippen molar-refractivity contribution in [3.8, 4) is 11.1 Å². The Balaban J connectivity index is 2.22. The van der Waals surface area contributed by atoms with Crippen molar-refractivity contribution in [1.29, 1.82) is 0 Å². The van der Waals surface area contributed by atoms with E-state index < -0.39 is 0 Å². The number of aromatic nitrogens is 1. The van der Waals surface area contributed by atoms with E-state index in [0.717, 1.165) is 33.0 Å². The standard InChI is InChI=1S/C18H18N2O2S/c1-4-20(2)18-19-15-10-13(12-8-6-5-7-9-12)14(17(21)22-3)11-16(15)23-18/h5-11H,4H2,1-3H3. The summed E-state index contributed by atoms with van der Waals surface area (Å²) >= 11 is 1.58. The molecule has 0 saturated heterocycles. The molecule has 0 aliphatic heterocycles. The molecule has 0 amide bonds. The summed E-state index contributed by atoms with van der Waals surface area (Å²) in [6.07, 6.45) is 0. The van der Waals surface area contributed by atoms with Crippen LogP contribution < -0.4 is 4.90 Å². The summed E-state index contributed by atoms with van der Waals surface area (Å²) in [5.41, 5.74) is 3.30. The molecule has 0 N–H and O–H groups in total. The first kappa shape index (κ1) is 15.5. The maximum absolute atomic E-state index is 12.2. The van der Waals surface area contributed by atoms with Gasteiger partial charge in [0.2, 0.25) is 0 Å². The zero-order valence-electron chi connectivity index (χ0n) is 13.4. The highest BCUT2D eigenvalue weighted by atomic mass is 32.1. The van der Waals surface area contributed by atoms with Gasteiger partial charge in [-0.1, -0.05) is 41.7 Å². The van der Waals surface area contributed by atoms with Crippen LogP contribution >= 0.6 is 11.3 Å². The SMILES string of the molecule is CCN(C)c1nc2cc(-c3ccccc3)c(C(=O)OC)cc2s1. The van der Waals surface area contributed by atoms with Gasteiger partial charge in [0.1, 0.15) is 0 Å². The molecular weight excluding hydrogens is 308 g/mol. The van der Waals surface area contributed by atoms with Gasteiger partial charge in [0.25, 0.3) is 0 Å². The number of carbonyl (C=O) groups excluding carboxylic acids is 1. The minimum Gasteiger partial charge on any atom is -0.465 e. The quantitative estimate of drug-likeness (QED) is 0.674. The Kier molecular flexibility index (Phi) is 4.30. The van der Waals surface area contributed by atoms with Crippen molar-refractivity contribution in [2.75, 3.05) is 25.6 Å². The van der Waals surface area contributed by atoms with Gasteiger partial charge in [-0.3, -0.25) is 0 Å². The maximum Gasteiger partial charge on any atom is 0.338 e. The number of carbonyl (C=O) groups is 1. The van der Waals surface area contributed by atoms with Gasteiger partial charge in [-0.05, 0) is 30.2 Å². The zero-order chi connectivity index (χ0) is 16.4. The highest BCUT2D eigenvalue weighted by Gasteiger charge is 2.17. The number of benzene rings is 2. The zero-order valence-corrected chi connectivity index (χ0v) is 14.2. The van der Waals surface area contributed by atoms with Gasteiger partial charge in [-0.15, -0.1) is 0 Å². The maximum atomic E-state index is 12.2. The van der Waals surface area contributed by atoms with E-state index in [0.29, 0.717) is 5.56 Å². The van der Waals surface area contributed by atoms with Crippen LogP contribution in [0.3, 0.4) is 0 Å². The molecule has 5 heteroatoms. The van der Waals surface area contributed by atoms with Crippen molar-refractivity contribution in [2.24, 2.45) is 0 Å². The van der Waals surface area contributed by atoms with Gasteiger partial charge in [-0.2, -0.15) is 0 Å². The van der Waals surface area contributed by atoms with Crippen LogP contribution in [0.15, 0.2) is 42.5 Å². The van der Waals surface area contributed by atoms with Crippen molar-refractivity contribution in [1.82, 2.24) is 4.98 Å². The molecular formula is C18H18N2O2S. The molecule has 0 unspecified atom stereocenters. The average molecular weight is 326 g/mol. The van der Waals surface area contributed by atoms with Crippen molar-refractivity contribution in [3.05, 3.63) is 48.0 Å². The summed E-state index contributed by atoms with van der Waals surface area (Å²) in [7, 11) is 3.42. The lowest BCUT2D eigenvalue weighted by Crippen LogP contribution is -2.14. The van der Waals surface area contributed by atoms with E-state index >= 15 is 0 Å². The Bertz CT molecular complexity index is 843. The first-order valence-corrected chi connectivity index (χ1v) is 8.25. The summed E-state index contributed by atoms with van der Waals surface area (Å²) in [5.74, 6) is -0.329. The fourth-order valence-corrected chi connectivity index (χ4v) is 3.41. The average Bonchev–Trinajstić information content (AvgIpc) is 3.03. The fourth-order valence-electron chi connectivity index (χ4n) is 2.40. The van der Waals surface area contributed by atoms with Crippen LogP contribution in [0.5, 0.6) is 0 Å². The van der Waals surface area contributed by atoms with Gasteiger partial charge in [0.15, 0.2) is 5.13 Å². The Morgan fingerprint density at radius 1 is 1.26 bits per heavy atom. The van der Waals surface area contributed by atoms with E-state index in [1.54, 1.807) is 11.3 Å². The van der Waals surface area contributed by atoms with Crippen LogP contribution in [0.4, 0.5) is 5.13 Å². The number of esters is 1. The van der Waals surface area contributed by atoms with Gasteiger partial charge in [0, 0.05) is 13.6 Å². The Morgan fingerprint density at radius 3 is 2.65 bits per heavy atom. The number of thiazole rings is 1. The summed E-state index contributed by atoms with van der Waals surface area (Å²) in [6.45, 7) is 2.97. The molecule has 0 aliphatic carbocycles. The molecule has 0 saturated carbocycles. The molecule has 4 nitrogen and oxygen atoms in total. The summed E-state index contributed by atoms with van der Waals surface area (Å²) in [4.78, 5) is 19.0. The van der Waals surface area contributed by atoms with Crippen molar-refractivity contribution in [3.63, 3.8) is 0 Å². The number of methoxy groups -OCH3 is 1. The monoisotopic (exact) mass is 326 g/mol. The van der Waals surface area contributed by atoms with Crippen molar-refractivity contribution >= 4 is 32.7 Å². The lowest BCUT2D eigenvalue weighted by molar-refractivity contribution is 0.0602. The van der Waals surface area contributed by atoms with Gasteiger partial charge in [-0.25, -0.2) is 9.78 Å². The number of ether oxygens (including phenoxy) is 1. The number of fused-ring (bicyclic) bond motifs is 1. The van der Waals surface area contributed by atoms with Crippen LogP contribution in [0, 0.1) is 0 Å². The van der Waals surface area contributed by atoms with Gasteiger partial charge in [0.05, 0.1) is 22.9 Å². The molecule has 0 fully saturated rings. The van der Waals surface area contributed by atoms with E-state index in [-0.39, 0.29) is 5.97 Å². The van der Waals surface area contributed by atoms with Crippen LogP contribution in [0.1, 0.15) is 17.3 Å². The Labute approximate surface area is 139 Å². The Morgan fingerprint density at radius 2 is 2.00 bits per heavy atom. The topological polar surface area (TPSA) is 42.4 Å². The number of hydrogen-bond acceptors (Lipinski definition) is 5. The first-order valence-electron chi connectivity index (χ1n) is 7.43. The fraction of sp³-hybridized carbons (Fsp3) is 0.222. The summed E-state index contributed by atoms with van der Waals surface area (Å²) in [5, 5.41) is 0.948. The molecule has 1 aromatic heterocycles. The summed E-state index contributed by atoms with van der Waals surface area (Å²) < 4.78 is 5.94. The smallest absolute Gasteiger partial charge is 0.338 e. The van der Waals surface area contributed by atoms with Gasteiger partial charge >= 0.3 is 5.97 Å². The van der Waals surface area contributed by atoms with Crippen molar-refractivity contribution in [2.45, 2.75) is 6.92 Å². The molecule has 1 heterocycles. The number of nitrogens with zero attached hydrogens (tertiary/aromatic N) is 2.